The third-order valence-corrected chi connectivity index (χ3v) is 6.17. The highest BCUT2D eigenvalue weighted by Gasteiger charge is 2.18. The summed E-state index contributed by atoms with van der Waals surface area (Å²) < 4.78 is 27.8. The maximum absolute atomic E-state index is 12.4. The lowest BCUT2D eigenvalue weighted by molar-refractivity contribution is 0.333. The number of benzene rings is 1. The Hall–Kier alpha value is -2.47. The molecule has 28 heavy (non-hydrogen) atoms. The van der Waals surface area contributed by atoms with Gasteiger partial charge in [0.15, 0.2) is 0 Å². The number of aliphatic hydroxyl groups is 1. The van der Waals surface area contributed by atoms with E-state index >= 15 is 0 Å². The van der Waals surface area contributed by atoms with Crippen LogP contribution in [0.25, 0.3) is 10.9 Å². The van der Waals surface area contributed by atoms with E-state index in [1.165, 1.54) is 24.3 Å². The molecule has 0 aliphatic carbocycles. The molecule has 0 aliphatic rings. The van der Waals surface area contributed by atoms with E-state index in [0.29, 0.717) is 33.1 Å². The van der Waals surface area contributed by atoms with Crippen LogP contribution < -0.4 is 10.6 Å². The molecule has 0 radical (unpaired) electrons. The smallest absolute Gasteiger partial charge is 0.307 e. The fourth-order valence-electron chi connectivity index (χ4n) is 2.42. The van der Waals surface area contributed by atoms with Crippen LogP contribution in [0.1, 0.15) is 0 Å². The van der Waals surface area contributed by atoms with Gasteiger partial charge in [-0.15, -0.1) is 0 Å². The molecule has 3 aromatic rings. The number of fused-ring (bicyclic) bond motifs is 1. The number of halogens is 1. The summed E-state index contributed by atoms with van der Waals surface area (Å²) in [5.74, 6) is 0.789. The zero-order valence-corrected chi connectivity index (χ0v) is 17.6. The lowest BCUT2D eigenvalue weighted by atomic mass is 10.2. The predicted molar refractivity (Wildman–Crippen MR) is 113 cm³/mol. The first kappa shape index (κ1) is 20.3. The molecular weight excluding hydrogens is 448 g/mol. The SMILES string of the molecule is C=C(CO)Nc1nc(Nc2ccc3c(ccn3S(=O)(=O)N(C)C)c2)ncc1Br. The van der Waals surface area contributed by atoms with Gasteiger partial charge < -0.3 is 15.7 Å². The normalized spacial score (nSPS) is 11.8. The van der Waals surface area contributed by atoms with Crippen molar-refractivity contribution in [3.63, 3.8) is 0 Å². The van der Waals surface area contributed by atoms with E-state index < -0.39 is 10.2 Å². The fraction of sp³-hybridized carbons (Fsp3) is 0.176. The summed E-state index contributed by atoms with van der Waals surface area (Å²) in [6.07, 6.45) is 3.09. The molecular formula is C17H19BrN6O3S. The van der Waals surface area contributed by atoms with Gasteiger partial charge in [0.1, 0.15) is 5.82 Å². The van der Waals surface area contributed by atoms with E-state index in [2.05, 4.69) is 43.1 Å². The van der Waals surface area contributed by atoms with Gasteiger partial charge in [-0.1, -0.05) is 6.58 Å². The third kappa shape index (κ3) is 4.02. The van der Waals surface area contributed by atoms with Gasteiger partial charge in [-0.05, 0) is 40.2 Å². The Kier molecular flexibility index (Phi) is 5.70. The Morgan fingerprint density at radius 1 is 1.36 bits per heavy atom. The van der Waals surface area contributed by atoms with Crippen molar-refractivity contribution in [3.05, 3.63) is 53.4 Å². The van der Waals surface area contributed by atoms with E-state index in [1.807, 2.05) is 6.07 Å². The van der Waals surface area contributed by atoms with Crippen molar-refractivity contribution in [3.8, 4) is 0 Å². The van der Waals surface area contributed by atoms with Crippen LogP contribution in [0.3, 0.4) is 0 Å². The third-order valence-electron chi connectivity index (χ3n) is 3.85. The van der Waals surface area contributed by atoms with E-state index in [-0.39, 0.29) is 6.61 Å². The van der Waals surface area contributed by atoms with Crippen LogP contribution in [0.4, 0.5) is 17.5 Å². The number of nitrogens with one attached hydrogen (secondary N) is 2. The second-order valence-electron chi connectivity index (χ2n) is 6.08. The minimum atomic E-state index is -3.59. The van der Waals surface area contributed by atoms with Crippen LogP contribution in [-0.2, 0) is 10.2 Å². The van der Waals surface area contributed by atoms with Gasteiger partial charge in [0.2, 0.25) is 5.95 Å². The van der Waals surface area contributed by atoms with Crippen molar-refractivity contribution in [1.82, 2.24) is 18.2 Å². The number of hydrogen-bond donors (Lipinski definition) is 3. The molecule has 2 aromatic heterocycles. The van der Waals surface area contributed by atoms with E-state index in [0.717, 1.165) is 9.69 Å². The second-order valence-corrected chi connectivity index (χ2v) is 8.95. The van der Waals surface area contributed by atoms with Crippen molar-refractivity contribution in [1.29, 1.82) is 0 Å². The summed E-state index contributed by atoms with van der Waals surface area (Å²) >= 11 is 3.34. The molecule has 0 fully saturated rings. The van der Waals surface area contributed by atoms with Gasteiger partial charge in [-0.3, -0.25) is 0 Å². The molecule has 148 valence electrons. The molecule has 0 aliphatic heterocycles. The Morgan fingerprint density at radius 2 is 2.11 bits per heavy atom. The Balaban J connectivity index is 1.90. The first-order chi connectivity index (χ1) is 13.2. The molecule has 2 heterocycles. The summed E-state index contributed by atoms with van der Waals surface area (Å²) in [5, 5.41) is 15.8. The number of anilines is 3. The van der Waals surface area contributed by atoms with Gasteiger partial charge in [0, 0.05) is 43.3 Å². The summed E-state index contributed by atoms with van der Waals surface area (Å²) in [4.78, 5) is 8.55. The number of aliphatic hydroxyl groups excluding tert-OH is 1. The van der Waals surface area contributed by atoms with E-state index in [4.69, 9.17) is 5.11 Å². The average Bonchev–Trinajstić information content (AvgIpc) is 3.08. The second kappa shape index (κ2) is 7.87. The molecule has 3 N–H and O–H groups in total. The first-order valence-electron chi connectivity index (χ1n) is 8.11. The van der Waals surface area contributed by atoms with Crippen LogP contribution in [0, 0.1) is 0 Å². The summed E-state index contributed by atoms with van der Waals surface area (Å²) in [5.41, 5.74) is 1.66. The lowest BCUT2D eigenvalue weighted by Crippen LogP contribution is -2.28. The molecule has 0 bridgehead atoms. The summed E-state index contributed by atoms with van der Waals surface area (Å²) in [7, 11) is -0.623. The highest BCUT2D eigenvalue weighted by molar-refractivity contribution is 9.10. The van der Waals surface area contributed by atoms with Gasteiger partial charge in [0.25, 0.3) is 0 Å². The minimum Gasteiger partial charge on any atom is -0.390 e. The maximum atomic E-state index is 12.4. The van der Waals surface area contributed by atoms with Gasteiger partial charge in [-0.25, -0.2) is 8.96 Å². The summed E-state index contributed by atoms with van der Waals surface area (Å²) in [6, 6.07) is 6.99. The molecule has 0 unspecified atom stereocenters. The highest BCUT2D eigenvalue weighted by Crippen LogP contribution is 2.26. The largest absolute Gasteiger partial charge is 0.390 e. The molecule has 0 atom stereocenters. The number of rotatable bonds is 7. The molecule has 11 heteroatoms. The molecule has 0 amide bonds. The predicted octanol–water partition coefficient (Wildman–Crippen LogP) is 2.51. The number of hydrogen-bond acceptors (Lipinski definition) is 7. The van der Waals surface area contributed by atoms with Crippen LogP contribution >= 0.6 is 15.9 Å². The lowest BCUT2D eigenvalue weighted by Gasteiger charge is -2.13. The van der Waals surface area contributed by atoms with Crippen LogP contribution in [0.2, 0.25) is 0 Å². The van der Waals surface area contributed by atoms with Gasteiger partial charge in [0.05, 0.1) is 16.6 Å². The molecule has 9 nitrogen and oxygen atoms in total. The van der Waals surface area contributed by atoms with Gasteiger partial charge in [-0.2, -0.15) is 17.7 Å². The molecule has 3 rings (SSSR count). The standard InChI is InChI=1S/C17H19BrN6O3S/c1-11(10-25)20-16-14(18)9-19-17(22-16)21-13-4-5-15-12(8-13)6-7-24(15)28(26,27)23(2)3/h4-9,25H,1,10H2,2-3H3,(H2,19,20,21,22). The Morgan fingerprint density at radius 3 is 2.79 bits per heavy atom. The van der Waals surface area contributed by atoms with Crippen molar-refractivity contribution in [2.24, 2.45) is 0 Å². The van der Waals surface area contributed by atoms with E-state index in [9.17, 15) is 8.42 Å². The molecule has 0 saturated carbocycles. The van der Waals surface area contributed by atoms with Crippen LogP contribution in [0.5, 0.6) is 0 Å². The monoisotopic (exact) mass is 466 g/mol. The maximum Gasteiger partial charge on any atom is 0.307 e. The van der Waals surface area contributed by atoms with Crippen molar-refractivity contribution in [2.75, 3.05) is 31.3 Å². The first-order valence-corrected chi connectivity index (χ1v) is 10.3. The Bertz CT molecular complexity index is 1140. The van der Waals surface area contributed by atoms with Crippen LogP contribution in [-0.4, -0.2) is 52.5 Å². The zero-order chi connectivity index (χ0) is 20.5. The number of nitrogens with zero attached hydrogens (tertiary/aromatic N) is 4. The topological polar surface area (TPSA) is 112 Å². The molecule has 0 spiro atoms. The van der Waals surface area contributed by atoms with Crippen molar-refractivity contribution >= 4 is 54.5 Å². The van der Waals surface area contributed by atoms with Gasteiger partial charge >= 0.3 is 10.2 Å². The van der Waals surface area contributed by atoms with Crippen molar-refractivity contribution < 1.29 is 13.5 Å². The zero-order valence-electron chi connectivity index (χ0n) is 15.2. The average molecular weight is 467 g/mol. The van der Waals surface area contributed by atoms with Crippen LogP contribution in [0.15, 0.2) is 53.4 Å². The molecule has 0 saturated heterocycles. The number of aromatic nitrogens is 3. The Labute approximate surface area is 171 Å². The molecule has 1 aromatic carbocycles. The van der Waals surface area contributed by atoms with E-state index in [1.54, 1.807) is 24.4 Å². The summed E-state index contributed by atoms with van der Waals surface area (Å²) in [6.45, 7) is 3.45. The highest BCUT2D eigenvalue weighted by atomic mass is 79.9. The van der Waals surface area contributed by atoms with Crippen molar-refractivity contribution in [2.45, 2.75) is 0 Å². The quantitative estimate of drug-likeness (QED) is 0.490. The minimum absolute atomic E-state index is 0.220. The fourth-order valence-corrected chi connectivity index (χ4v) is 3.69.